The molecule has 70 valence electrons. The molecule has 0 saturated carbocycles. The van der Waals surface area contributed by atoms with Gasteiger partial charge in [-0.15, -0.1) is 0 Å². The molecule has 0 radical (unpaired) electrons. The molecule has 1 heterocycles. The van der Waals surface area contributed by atoms with E-state index in [1.807, 2.05) is 18.2 Å². The van der Waals surface area contributed by atoms with E-state index in [4.69, 9.17) is 9.84 Å². The zero-order chi connectivity index (χ0) is 8.60. The third-order valence-corrected chi connectivity index (χ3v) is 2.02. The largest absolute Gasteiger partial charge is 0.479 e. The maximum atomic E-state index is 10.8. The molecular formula is C9H11NO3. The molecule has 1 unspecified atom stereocenters. The Morgan fingerprint density at radius 1 is 1.38 bits per heavy atom. The van der Waals surface area contributed by atoms with Crippen LogP contribution in [0, 0.1) is 0 Å². The Bertz CT molecular complexity index is 306. The van der Waals surface area contributed by atoms with Crippen molar-refractivity contribution in [3.05, 3.63) is 35.9 Å². The first-order valence-electron chi connectivity index (χ1n) is 3.68. The first-order valence-corrected chi connectivity index (χ1v) is 3.68. The van der Waals surface area contributed by atoms with Crippen LogP contribution in [0.2, 0.25) is 0 Å². The third kappa shape index (κ3) is 1.41. The van der Waals surface area contributed by atoms with Gasteiger partial charge in [-0.1, -0.05) is 30.3 Å². The van der Waals surface area contributed by atoms with Crippen molar-refractivity contribution in [3.8, 4) is 0 Å². The van der Waals surface area contributed by atoms with Gasteiger partial charge in [0, 0.05) is 0 Å². The molecule has 1 aromatic carbocycles. The summed E-state index contributed by atoms with van der Waals surface area (Å²) in [6.45, 7) is 0.284. The fourth-order valence-electron chi connectivity index (χ4n) is 1.19. The van der Waals surface area contributed by atoms with Crippen molar-refractivity contribution >= 4 is 5.97 Å². The molecule has 0 spiro atoms. The van der Waals surface area contributed by atoms with Crippen LogP contribution in [0.25, 0.3) is 0 Å². The first kappa shape index (κ1) is 9.70. The number of aliphatic carboxylic acids is 1. The summed E-state index contributed by atoms with van der Waals surface area (Å²) in [5, 5.41) is 8.83. The fraction of sp³-hybridized carbons (Fsp3) is 0.222. The van der Waals surface area contributed by atoms with Gasteiger partial charge in [0.05, 0.1) is 6.61 Å². The highest BCUT2D eigenvalue weighted by molar-refractivity contribution is 5.82. The number of carboxylic acid groups (broad SMARTS) is 1. The third-order valence-electron chi connectivity index (χ3n) is 2.02. The van der Waals surface area contributed by atoms with Crippen LogP contribution in [0.3, 0.4) is 0 Å². The lowest BCUT2D eigenvalue weighted by Gasteiger charge is -2.04. The van der Waals surface area contributed by atoms with Gasteiger partial charge in [0.1, 0.15) is 0 Å². The fourth-order valence-corrected chi connectivity index (χ4v) is 1.19. The summed E-state index contributed by atoms with van der Waals surface area (Å²) in [5.74, 6) is -0.909. The Morgan fingerprint density at radius 3 is 2.31 bits per heavy atom. The predicted octanol–water partition coefficient (Wildman–Crippen LogP) is 1.16. The van der Waals surface area contributed by atoms with Gasteiger partial charge in [0.25, 0.3) is 0 Å². The number of carboxylic acids is 1. The Morgan fingerprint density at radius 2 is 1.92 bits per heavy atom. The maximum absolute atomic E-state index is 10.8. The smallest absolute Gasteiger partial charge is 0.343 e. The van der Waals surface area contributed by atoms with Crippen LogP contribution >= 0.6 is 0 Å². The van der Waals surface area contributed by atoms with Gasteiger partial charge in [-0.05, 0) is 5.56 Å². The highest BCUT2D eigenvalue weighted by Gasteiger charge is 2.54. The van der Waals surface area contributed by atoms with E-state index >= 15 is 0 Å². The highest BCUT2D eigenvalue weighted by Crippen LogP contribution is 2.38. The van der Waals surface area contributed by atoms with Crippen LogP contribution in [0.5, 0.6) is 0 Å². The zero-order valence-corrected chi connectivity index (χ0v) is 7.06. The average molecular weight is 181 g/mol. The molecule has 4 heteroatoms. The lowest BCUT2D eigenvalue weighted by molar-refractivity contribution is -0.143. The molecule has 0 bridgehead atoms. The standard InChI is InChI=1S/C9H8O3.H3N/c10-8(11)9(6-12-9)7-4-2-1-3-5-7;/h1-5H,6H2,(H,10,11);1H3. The van der Waals surface area contributed by atoms with Crippen molar-refractivity contribution in [2.45, 2.75) is 5.60 Å². The van der Waals surface area contributed by atoms with Crippen LogP contribution < -0.4 is 6.15 Å². The Hall–Kier alpha value is -1.39. The molecule has 13 heavy (non-hydrogen) atoms. The van der Waals surface area contributed by atoms with Gasteiger partial charge < -0.3 is 16.0 Å². The number of hydrogen-bond acceptors (Lipinski definition) is 3. The minimum Gasteiger partial charge on any atom is -0.479 e. The van der Waals surface area contributed by atoms with Crippen LogP contribution in [0.4, 0.5) is 0 Å². The van der Waals surface area contributed by atoms with E-state index in [0.29, 0.717) is 0 Å². The summed E-state index contributed by atoms with van der Waals surface area (Å²) in [7, 11) is 0. The van der Waals surface area contributed by atoms with E-state index in [2.05, 4.69) is 0 Å². The van der Waals surface area contributed by atoms with Gasteiger partial charge >= 0.3 is 5.97 Å². The molecule has 0 aromatic heterocycles. The number of hydrogen-bond donors (Lipinski definition) is 2. The van der Waals surface area contributed by atoms with Crippen molar-refractivity contribution in [1.82, 2.24) is 6.15 Å². The number of epoxide rings is 1. The second-order valence-electron chi connectivity index (χ2n) is 2.79. The lowest BCUT2D eigenvalue weighted by Crippen LogP contribution is -2.21. The second kappa shape index (κ2) is 3.16. The molecule has 0 aliphatic carbocycles. The van der Waals surface area contributed by atoms with Crippen LogP contribution in [0.1, 0.15) is 5.56 Å². The molecule has 1 aliphatic heterocycles. The maximum Gasteiger partial charge on any atom is 0.343 e. The number of ether oxygens (including phenoxy) is 1. The quantitative estimate of drug-likeness (QED) is 0.670. The zero-order valence-electron chi connectivity index (χ0n) is 7.06. The number of rotatable bonds is 2. The molecule has 1 aromatic rings. The van der Waals surface area contributed by atoms with Crippen molar-refractivity contribution in [2.24, 2.45) is 0 Å². The molecule has 1 saturated heterocycles. The molecule has 1 aliphatic rings. The van der Waals surface area contributed by atoms with Crippen LogP contribution in [-0.2, 0) is 15.1 Å². The van der Waals surface area contributed by atoms with Crippen LogP contribution in [-0.4, -0.2) is 17.7 Å². The van der Waals surface area contributed by atoms with E-state index in [9.17, 15) is 4.79 Å². The van der Waals surface area contributed by atoms with E-state index in [-0.39, 0.29) is 12.8 Å². The van der Waals surface area contributed by atoms with Gasteiger partial charge in [-0.25, -0.2) is 4.79 Å². The molecular weight excluding hydrogens is 170 g/mol. The van der Waals surface area contributed by atoms with Crippen molar-refractivity contribution in [1.29, 1.82) is 0 Å². The summed E-state index contributed by atoms with van der Waals surface area (Å²) < 4.78 is 4.94. The molecule has 1 atom stereocenters. The molecule has 1 fully saturated rings. The van der Waals surface area contributed by atoms with Gasteiger partial charge in [0.2, 0.25) is 5.60 Å². The summed E-state index contributed by atoms with van der Waals surface area (Å²) in [6, 6.07) is 8.99. The van der Waals surface area contributed by atoms with Crippen molar-refractivity contribution in [3.63, 3.8) is 0 Å². The average Bonchev–Trinajstić information content (AvgIpc) is 2.86. The normalized spacial score (nSPS) is 24.6. The van der Waals surface area contributed by atoms with Crippen molar-refractivity contribution < 1.29 is 14.6 Å². The van der Waals surface area contributed by atoms with Gasteiger partial charge in [0.15, 0.2) is 0 Å². The lowest BCUT2D eigenvalue weighted by atomic mass is 10.0. The summed E-state index contributed by atoms with van der Waals surface area (Å²) in [5.41, 5.74) is -0.321. The number of benzene rings is 1. The van der Waals surface area contributed by atoms with Gasteiger partial charge in [-0.3, -0.25) is 0 Å². The molecule has 4 N–H and O–H groups in total. The topological polar surface area (TPSA) is 84.8 Å². The van der Waals surface area contributed by atoms with Crippen LogP contribution in [0.15, 0.2) is 30.3 Å². The summed E-state index contributed by atoms with van der Waals surface area (Å²) >= 11 is 0. The highest BCUT2D eigenvalue weighted by atomic mass is 16.6. The molecule has 2 rings (SSSR count). The number of carbonyl (C=O) groups is 1. The Kier molecular flexibility index (Phi) is 2.36. The molecule has 0 amide bonds. The van der Waals surface area contributed by atoms with E-state index < -0.39 is 11.6 Å². The van der Waals surface area contributed by atoms with Gasteiger partial charge in [-0.2, -0.15) is 0 Å². The van der Waals surface area contributed by atoms with E-state index in [0.717, 1.165) is 5.56 Å². The minimum atomic E-state index is -1.04. The monoisotopic (exact) mass is 181 g/mol. The Balaban J connectivity index is 0.000000845. The Labute approximate surface area is 75.7 Å². The predicted molar refractivity (Wildman–Crippen MR) is 46.7 cm³/mol. The van der Waals surface area contributed by atoms with Crippen molar-refractivity contribution in [2.75, 3.05) is 6.61 Å². The van der Waals surface area contributed by atoms with E-state index in [1.165, 1.54) is 0 Å². The second-order valence-corrected chi connectivity index (χ2v) is 2.79. The SMILES string of the molecule is N.O=C(O)C1(c2ccccc2)CO1. The van der Waals surface area contributed by atoms with E-state index in [1.54, 1.807) is 12.1 Å². The first-order chi connectivity index (χ1) is 5.76. The molecule has 4 nitrogen and oxygen atoms in total. The summed E-state index contributed by atoms with van der Waals surface area (Å²) in [4.78, 5) is 10.8. The summed E-state index contributed by atoms with van der Waals surface area (Å²) in [6.07, 6.45) is 0. The minimum absolute atomic E-state index is 0.